The van der Waals surface area contributed by atoms with Gasteiger partial charge in [0.05, 0.1) is 12.7 Å². The van der Waals surface area contributed by atoms with Crippen LogP contribution in [-0.2, 0) is 16.1 Å². The number of hydrazine groups is 1. The summed E-state index contributed by atoms with van der Waals surface area (Å²) in [7, 11) is 1.39. The van der Waals surface area contributed by atoms with E-state index in [0.29, 0.717) is 10.6 Å². The first-order chi connectivity index (χ1) is 16.4. The first kappa shape index (κ1) is 24.5. The molecule has 2 N–H and O–H groups in total. The second kappa shape index (κ2) is 11.7. The fourth-order valence-electron chi connectivity index (χ4n) is 2.80. The molecule has 3 rings (SSSR count). The smallest absolute Gasteiger partial charge is 0.342 e. The van der Waals surface area contributed by atoms with E-state index in [1.54, 1.807) is 36.4 Å². The highest BCUT2D eigenvalue weighted by Crippen LogP contribution is 2.22. The number of nitrogens with one attached hydrogen (secondary N) is 2. The van der Waals surface area contributed by atoms with Gasteiger partial charge >= 0.3 is 5.97 Å². The molecule has 3 aromatic rings. The zero-order valence-corrected chi connectivity index (χ0v) is 18.7. The van der Waals surface area contributed by atoms with Gasteiger partial charge in [-0.25, -0.2) is 9.18 Å². The molecular weight excluding hydrogens is 467 g/mol. The zero-order valence-electron chi connectivity index (χ0n) is 18.0. The van der Waals surface area contributed by atoms with Crippen molar-refractivity contribution < 1.29 is 33.0 Å². The van der Waals surface area contributed by atoms with Gasteiger partial charge in [-0.1, -0.05) is 35.9 Å². The van der Waals surface area contributed by atoms with Crippen LogP contribution >= 0.6 is 11.6 Å². The average Bonchev–Trinajstić information content (AvgIpc) is 2.85. The van der Waals surface area contributed by atoms with Crippen molar-refractivity contribution in [3.63, 3.8) is 0 Å². The Morgan fingerprint density at radius 1 is 0.912 bits per heavy atom. The van der Waals surface area contributed by atoms with Gasteiger partial charge in [-0.05, 0) is 48.0 Å². The van der Waals surface area contributed by atoms with E-state index in [1.807, 2.05) is 0 Å². The first-order valence-corrected chi connectivity index (χ1v) is 10.3. The molecule has 0 aliphatic heterocycles. The Hall–Kier alpha value is -4.11. The monoisotopic (exact) mass is 486 g/mol. The third-order valence-electron chi connectivity index (χ3n) is 4.47. The van der Waals surface area contributed by atoms with E-state index in [-0.39, 0.29) is 35.1 Å². The number of para-hydroxylation sites is 1. The lowest BCUT2D eigenvalue weighted by molar-refractivity contribution is -0.125. The highest BCUT2D eigenvalue weighted by atomic mass is 35.5. The molecule has 0 aliphatic rings. The molecule has 34 heavy (non-hydrogen) atoms. The Bertz CT molecular complexity index is 1190. The maximum Gasteiger partial charge on any atom is 0.342 e. The van der Waals surface area contributed by atoms with Gasteiger partial charge in [-0.15, -0.1) is 0 Å². The molecule has 0 aliphatic carbocycles. The molecule has 0 atom stereocenters. The normalized spacial score (nSPS) is 10.2. The molecule has 0 spiro atoms. The summed E-state index contributed by atoms with van der Waals surface area (Å²) in [6.45, 7) is -0.553. The molecule has 0 saturated heterocycles. The highest BCUT2D eigenvalue weighted by Gasteiger charge is 2.17. The summed E-state index contributed by atoms with van der Waals surface area (Å²) >= 11 is 5.89. The van der Waals surface area contributed by atoms with Crippen LogP contribution < -0.4 is 20.3 Å². The Morgan fingerprint density at radius 2 is 1.65 bits per heavy atom. The number of esters is 1. The number of hydrogen-bond acceptors (Lipinski definition) is 6. The molecule has 8 nitrogen and oxygen atoms in total. The van der Waals surface area contributed by atoms with Gasteiger partial charge < -0.3 is 14.2 Å². The van der Waals surface area contributed by atoms with Gasteiger partial charge in [-0.2, -0.15) is 0 Å². The number of methoxy groups -OCH3 is 1. The molecule has 2 amide bonds. The highest BCUT2D eigenvalue weighted by molar-refractivity contribution is 6.31. The molecule has 3 aromatic carbocycles. The fourth-order valence-corrected chi connectivity index (χ4v) is 2.97. The minimum Gasteiger partial charge on any atom is -0.496 e. The molecule has 0 bridgehead atoms. The van der Waals surface area contributed by atoms with E-state index < -0.39 is 24.4 Å². The Morgan fingerprint density at radius 3 is 2.38 bits per heavy atom. The second-order valence-electron chi connectivity index (χ2n) is 6.83. The van der Waals surface area contributed by atoms with Gasteiger partial charge in [0.2, 0.25) is 0 Å². The molecule has 10 heteroatoms. The lowest BCUT2D eigenvalue weighted by atomic mass is 10.2. The molecule has 0 fully saturated rings. The zero-order chi connectivity index (χ0) is 24.5. The molecule has 0 aromatic heterocycles. The van der Waals surface area contributed by atoms with Crippen molar-refractivity contribution >= 4 is 29.4 Å². The van der Waals surface area contributed by atoms with Crippen molar-refractivity contribution in [3.05, 3.63) is 94.3 Å². The van der Waals surface area contributed by atoms with Crippen molar-refractivity contribution in [2.75, 3.05) is 13.7 Å². The van der Waals surface area contributed by atoms with E-state index >= 15 is 0 Å². The summed E-state index contributed by atoms with van der Waals surface area (Å²) in [5.74, 6) is -2.11. The number of amides is 2. The Labute approximate surface area is 199 Å². The van der Waals surface area contributed by atoms with Crippen LogP contribution in [0.25, 0.3) is 0 Å². The number of carbonyl (C=O) groups excluding carboxylic acids is 3. The predicted octanol–water partition coefficient (Wildman–Crippen LogP) is 3.68. The van der Waals surface area contributed by atoms with Crippen LogP contribution in [0, 0.1) is 5.82 Å². The number of rotatable bonds is 8. The average molecular weight is 487 g/mol. The molecule has 0 radical (unpaired) electrons. The quantitative estimate of drug-likeness (QED) is 0.372. The number of hydrogen-bond donors (Lipinski definition) is 2. The van der Waals surface area contributed by atoms with E-state index in [1.165, 1.54) is 37.4 Å². The lowest BCUT2D eigenvalue weighted by Crippen LogP contribution is -2.43. The summed E-state index contributed by atoms with van der Waals surface area (Å²) in [5, 5.41) is 0.312. The van der Waals surface area contributed by atoms with Crippen molar-refractivity contribution in [1.29, 1.82) is 0 Å². The molecule has 0 unspecified atom stereocenters. The number of ether oxygens (including phenoxy) is 3. The summed E-state index contributed by atoms with van der Waals surface area (Å²) in [6.07, 6.45) is 0. The van der Waals surface area contributed by atoms with Crippen LogP contribution in [0.1, 0.15) is 26.3 Å². The molecular formula is C24H20ClFN2O6. The van der Waals surface area contributed by atoms with Crippen LogP contribution in [0.2, 0.25) is 5.02 Å². The Balaban J connectivity index is 1.52. The van der Waals surface area contributed by atoms with Crippen molar-refractivity contribution in [2.24, 2.45) is 0 Å². The van der Waals surface area contributed by atoms with Gasteiger partial charge in [0.25, 0.3) is 11.8 Å². The molecule has 0 saturated carbocycles. The largest absolute Gasteiger partial charge is 0.496 e. The van der Waals surface area contributed by atoms with E-state index in [9.17, 15) is 18.8 Å². The maximum absolute atomic E-state index is 13.0. The van der Waals surface area contributed by atoms with E-state index in [2.05, 4.69) is 10.9 Å². The summed E-state index contributed by atoms with van der Waals surface area (Å²) < 4.78 is 28.8. The third kappa shape index (κ3) is 6.69. The van der Waals surface area contributed by atoms with Crippen LogP contribution in [0.3, 0.4) is 0 Å². The minimum atomic E-state index is -0.798. The van der Waals surface area contributed by atoms with Crippen molar-refractivity contribution in [1.82, 2.24) is 10.9 Å². The van der Waals surface area contributed by atoms with Crippen LogP contribution in [0.5, 0.6) is 11.5 Å². The van der Waals surface area contributed by atoms with Crippen LogP contribution in [0.15, 0.2) is 66.7 Å². The van der Waals surface area contributed by atoms with Crippen molar-refractivity contribution in [2.45, 2.75) is 6.61 Å². The van der Waals surface area contributed by atoms with Gasteiger partial charge in [-0.3, -0.25) is 20.4 Å². The SMILES string of the molecule is COc1ccc(Cl)cc1C(=O)NNC(=O)COC(=O)c1ccccc1OCc1ccc(F)cc1. The first-order valence-electron chi connectivity index (χ1n) is 9.93. The number of carbonyl (C=O) groups is 3. The Kier molecular flexibility index (Phi) is 8.42. The third-order valence-corrected chi connectivity index (χ3v) is 4.71. The van der Waals surface area contributed by atoms with Crippen LogP contribution in [-0.4, -0.2) is 31.5 Å². The fraction of sp³-hybridized carbons (Fsp3) is 0.125. The van der Waals surface area contributed by atoms with Gasteiger partial charge in [0.1, 0.15) is 29.5 Å². The predicted molar refractivity (Wildman–Crippen MR) is 121 cm³/mol. The topological polar surface area (TPSA) is 103 Å². The van der Waals surface area contributed by atoms with E-state index in [4.69, 9.17) is 25.8 Å². The summed E-state index contributed by atoms with van der Waals surface area (Å²) in [6, 6.07) is 16.5. The summed E-state index contributed by atoms with van der Waals surface area (Å²) in [4.78, 5) is 36.8. The van der Waals surface area contributed by atoms with E-state index in [0.717, 1.165) is 0 Å². The number of benzene rings is 3. The second-order valence-corrected chi connectivity index (χ2v) is 7.27. The van der Waals surface area contributed by atoms with Gasteiger partial charge in [0.15, 0.2) is 6.61 Å². The lowest BCUT2D eigenvalue weighted by Gasteiger charge is -2.12. The molecule has 176 valence electrons. The standard InChI is InChI=1S/C24H20ClFN2O6/c1-32-20-11-8-16(25)12-19(20)23(30)28-27-22(29)14-34-24(31)18-4-2-3-5-21(18)33-13-15-6-9-17(26)10-7-15/h2-12H,13-14H2,1H3,(H,27,29)(H,28,30). The van der Waals surface area contributed by atoms with Crippen LogP contribution in [0.4, 0.5) is 4.39 Å². The maximum atomic E-state index is 13.0. The van der Waals surface area contributed by atoms with Crippen molar-refractivity contribution in [3.8, 4) is 11.5 Å². The van der Waals surface area contributed by atoms with Gasteiger partial charge in [0, 0.05) is 5.02 Å². The number of halogens is 2. The molecule has 0 heterocycles. The summed E-state index contributed by atoms with van der Waals surface area (Å²) in [5.41, 5.74) is 5.26. The minimum absolute atomic E-state index is 0.101.